The zero-order valence-corrected chi connectivity index (χ0v) is 15.6. The van der Waals surface area contributed by atoms with Crippen LogP contribution in [0.5, 0.6) is 5.75 Å². The average Bonchev–Trinajstić information content (AvgIpc) is 3.17. The van der Waals surface area contributed by atoms with E-state index in [2.05, 4.69) is 15.6 Å². The van der Waals surface area contributed by atoms with Gasteiger partial charge in [0.05, 0.1) is 11.3 Å². The van der Waals surface area contributed by atoms with E-state index in [-0.39, 0.29) is 24.1 Å². The van der Waals surface area contributed by atoms with Crippen LogP contribution in [-0.2, 0) is 6.61 Å². The highest BCUT2D eigenvalue weighted by atomic mass is 19.1. The Kier molecular flexibility index (Phi) is 5.25. The summed E-state index contributed by atoms with van der Waals surface area (Å²) in [6.45, 7) is 7.42. The smallest absolute Gasteiger partial charge is 0.279 e. The quantitative estimate of drug-likeness (QED) is 0.706. The molecule has 0 atom stereocenters. The lowest BCUT2D eigenvalue weighted by Gasteiger charge is -2.11. The van der Waals surface area contributed by atoms with Gasteiger partial charge in [0.25, 0.3) is 5.91 Å². The maximum atomic E-state index is 13.7. The molecule has 27 heavy (non-hydrogen) atoms. The number of ether oxygens (including phenoxy) is 1. The van der Waals surface area contributed by atoms with E-state index in [1.54, 1.807) is 29.8 Å². The van der Waals surface area contributed by atoms with Crippen LogP contribution in [0.2, 0.25) is 0 Å². The number of hydrogen-bond donors (Lipinski definition) is 1. The monoisotopic (exact) mass is 372 g/mol. The van der Waals surface area contributed by atoms with Crippen molar-refractivity contribution in [2.24, 2.45) is 0 Å². The fourth-order valence-electron chi connectivity index (χ4n) is 2.63. The van der Waals surface area contributed by atoms with Crippen LogP contribution in [0, 0.1) is 19.7 Å². The summed E-state index contributed by atoms with van der Waals surface area (Å²) in [5.41, 5.74) is 1.35. The van der Waals surface area contributed by atoms with Crippen molar-refractivity contribution in [1.82, 2.24) is 14.9 Å². The highest BCUT2D eigenvalue weighted by Crippen LogP contribution is 2.22. The van der Waals surface area contributed by atoms with Gasteiger partial charge in [0, 0.05) is 12.1 Å². The Balaban J connectivity index is 1.80. The largest absolute Gasteiger partial charge is 0.486 e. The first-order valence-electron chi connectivity index (χ1n) is 8.56. The Hall–Kier alpha value is -3.16. The van der Waals surface area contributed by atoms with Crippen molar-refractivity contribution in [1.29, 1.82) is 0 Å². The van der Waals surface area contributed by atoms with Crippen LogP contribution in [0.25, 0.3) is 0 Å². The van der Waals surface area contributed by atoms with E-state index in [9.17, 15) is 9.18 Å². The number of aromatic nitrogens is 3. The number of rotatable bonds is 6. The zero-order chi connectivity index (χ0) is 19.6. The highest BCUT2D eigenvalue weighted by Gasteiger charge is 2.22. The summed E-state index contributed by atoms with van der Waals surface area (Å²) in [4.78, 5) is 12.7. The Morgan fingerprint density at radius 2 is 2.07 bits per heavy atom. The highest BCUT2D eigenvalue weighted by molar-refractivity contribution is 6.03. The van der Waals surface area contributed by atoms with Crippen LogP contribution in [-0.4, -0.2) is 20.8 Å². The Morgan fingerprint density at radius 1 is 1.33 bits per heavy atom. The molecule has 0 aliphatic heterocycles. The van der Waals surface area contributed by atoms with Crippen LogP contribution in [0.1, 0.15) is 47.4 Å². The Bertz CT molecular complexity index is 962. The van der Waals surface area contributed by atoms with E-state index >= 15 is 0 Å². The summed E-state index contributed by atoms with van der Waals surface area (Å²) in [7, 11) is 0. The molecule has 0 spiro atoms. The van der Waals surface area contributed by atoms with Crippen molar-refractivity contribution in [2.45, 2.75) is 40.3 Å². The van der Waals surface area contributed by atoms with Crippen LogP contribution < -0.4 is 10.1 Å². The molecule has 2 heterocycles. The summed E-state index contributed by atoms with van der Waals surface area (Å²) >= 11 is 0. The maximum absolute atomic E-state index is 13.7. The molecule has 0 unspecified atom stereocenters. The minimum Gasteiger partial charge on any atom is -0.486 e. The molecule has 0 saturated carbocycles. The van der Waals surface area contributed by atoms with E-state index in [0.717, 1.165) is 5.69 Å². The van der Waals surface area contributed by atoms with Crippen molar-refractivity contribution < 1.29 is 18.4 Å². The number of para-hydroxylation sites is 1. The fourth-order valence-corrected chi connectivity index (χ4v) is 2.63. The number of benzene rings is 1. The molecule has 2 aromatic heterocycles. The van der Waals surface area contributed by atoms with Gasteiger partial charge in [-0.15, -0.1) is 0 Å². The van der Waals surface area contributed by atoms with Crippen molar-refractivity contribution in [3.8, 4) is 5.75 Å². The van der Waals surface area contributed by atoms with Crippen molar-refractivity contribution in [3.05, 3.63) is 58.9 Å². The van der Waals surface area contributed by atoms with Crippen LogP contribution in [0.3, 0.4) is 0 Å². The number of anilines is 1. The van der Waals surface area contributed by atoms with Gasteiger partial charge in [0.15, 0.2) is 17.3 Å². The number of aryl methyl sites for hydroxylation is 2. The lowest BCUT2D eigenvalue weighted by Crippen LogP contribution is -2.19. The summed E-state index contributed by atoms with van der Waals surface area (Å²) in [6, 6.07) is 7.92. The van der Waals surface area contributed by atoms with Gasteiger partial charge in [-0.3, -0.25) is 4.79 Å². The fraction of sp³-hybridized carbons (Fsp3) is 0.316. The molecule has 0 radical (unpaired) electrons. The molecule has 0 aliphatic carbocycles. The van der Waals surface area contributed by atoms with E-state index in [4.69, 9.17) is 9.26 Å². The van der Waals surface area contributed by atoms with Crippen LogP contribution in [0.15, 0.2) is 34.9 Å². The molecule has 142 valence electrons. The first kappa shape index (κ1) is 18.6. The van der Waals surface area contributed by atoms with Gasteiger partial charge < -0.3 is 14.6 Å². The van der Waals surface area contributed by atoms with Crippen LogP contribution >= 0.6 is 0 Å². The third-order valence-electron chi connectivity index (χ3n) is 4.00. The minimum absolute atomic E-state index is 0.0402. The second-order valence-electron chi connectivity index (χ2n) is 6.45. The van der Waals surface area contributed by atoms with Crippen molar-refractivity contribution >= 4 is 11.7 Å². The standard InChI is InChI=1S/C19H21FN4O3/c1-11(2)24-17(9-12(3)22-24)21-19(25)18-14(13(4)27-23-18)10-26-16-8-6-5-7-15(16)20/h5-9,11H,10H2,1-4H3,(H,21,25). The summed E-state index contributed by atoms with van der Waals surface area (Å²) in [6.07, 6.45) is 0. The topological polar surface area (TPSA) is 82.2 Å². The molecular weight excluding hydrogens is 351 g/mol. The minimum atomic E-state index is -0.478. The molecule has 7 nitrogen and oxygen atoms in total. The lowest BCUT2D eigenvalue weighted by molar-refractivity contribution is 0.101. The molecule has 8 heteroatoms. The van der Waals surface area contributed by atoms with Gasteiger partial charge in [-0.2, -0.15) is 5.10 Å². The van der Waals surface area contributed by atoms with Gasteiger partial charge in [0.1, 0.15) is 18.2 Å². The number of amides is 1. The second-order valence-corrected chi connectivity index (χ2v) is 6.45. The molecule has 1 amide bonds. The molecule has 3 aromatic rings. The normalized spacial score (nSPS) is 11.0. The van der Waals surface area contributed by atoms with Crippen molar-refractivity contribution in [2.75, 3.05) is 5.32 Å². The summed E-state index contributed by atoms with van der Waals surface area (Å²) in [5.74, 6) is 0.173. The number of halogens is 1. The average molecular weight is 372 g/mol. The molecule has 1 N–H and O–H groups in total. The number of carbonyl (C=O) groups excluding carboxylic acids is 1. The zero-order valence-electron chi connectivity index (χ0n) is 15.6. The first-order chi connectivity index (χ1) is 12.9. The predicted octanol–water partition coefficient (Wildman–Crippen LogP) is 4.04. The summed E-state index contributed by atoms with van der Waals surface area (Å²) < 4.78 is 26.1. The van der Waals surface area contributed by atoms with E-state index < -0.39 is 11.7 Å². The number of carbonyl (C=O) groups is 1. The molecule has 0 saturated heterocycles. The Morgan fingerprint density at radius 3 is 2.78 bits per heavy atom. The van der Waals surface area contributed by atoms with Gasteiger partial charge in [-0.05, 0) is 39.8 Å². The van der Waals surface area contributed by atoms with Gasteiger partial charge >= 0.3 is 0 Å². The van der Waals surface area contributed by atoms with E-state index in [1.807, 2.05) is 20.8 Å². The second kappa shape index (κ2) is 7.61. The SMILES string of the molecule is Cc1cc(NC(=O)c2noc(C)c2COc2ccccc2F)n(C(C)C)n1. The molecular formula is C19H21FN4O3. The van der Waals surface area contributed by atoms with Crippen LogP contribution in [0.4, 0.5) is 10.2 Å². The number of nitrogens with zero attached hydrogens (tertiary/aromatic N) is 3. The maximum Gasteiger partial charge on any atom is 0.279 e. The summed E-state index contributed by atoms with van der Waals surface area (Å²) in [5, 5.41) is 11.0. The van der Waals surface area contributed by atoms with Gasteiger partial charge in [-0.1, -0.05) is 17.3 Å². The molecule has 3 rings (SSSR count). The van der Waals surface area contributed by atoms with E-state index in [1.165, 1.54) is 12.1 Å². The van der Waals surface area contributed by atoms with Gasteiger partial charge in [-0.25, -0.2) is 9.07 Å². The number of hydrogen-bond acceptors (Lipinski definition) is 5. The lowest BCUT2D eigenvalue weighted by atomic mass is 10.2. The van der Waals surface area contributed by atoms with Gasteiger partial charge in [0.2, 0.25) is 0 Å². The molecule has 0 aliphatic rings. The number of nitrogens with one attached hydrogen (secondary N) is 1. The molecule has 0 fully saturated rings. The molecule has 1 aromatic carbocycles. The Labute approximate surface area is 156 Å². The third kappa shape index (κ3) is 3.99. The van der Waals surface area contributed by atoms with Crippen molar-refractivity contribution in [3.63, 3.8) is 0 Å². The van der Waals surface area contributed by atoms with E-state index in [0.29, 0.717) is 17.1 Å². The predicted molar refractivity (Wildman–Crippen MR) is 97.3 cm³/mol. The third-order valence-corrected chi connectivity index (χ3v) is 4.00. The molecule has 0 bridgehead atoms. The first-order valence-corrected chi connectivity index (χ1v) is 8.56.